The smallest absolute Gasteiger partial charge is 0.127 e. The van der Waals surface area contributed by atoms with Crippen LogP contribution >= 0.6 is 23.7 Å². The molecular formula is C23H28ClNO2S. The molecule has 1 aliphatic rings. The van der Waals surface area contributed by atoms with Crippen LogP contribution in [0.1, 0.15) is 36.6 Å². The van der Waals surface area contributed by atoms with E-state index in [1.165, 1.54) is 30.6 Å². The molecule has 0 aliphatic heterocycles. The van der Waals surface area contributed by atoms with Gasteiger partial charge in [-0.25, -0.2) is 0 Å². The fourth-order valence-electron chi connectivity index (χ4n) is 4.09. The highest BCUT2D eigenvalue weighted by molar-refractivity contribution is 7.10. The van der Waals surface area contributed by atoms with Gasteiger partial charge in [0.2, 0.25) is 0 Å². The largest absolute Gasteiger partial charge is 0.490 e. The minimum atomic E-state index is -0.534. The zero-order chi connectivity index (χ0) is 18.5. The van der Waals surface area contributed by atoms with E-state index < -0.39 is 6.10 Å². The van der Waals surface area contributed by atoms with Crippen LogP contribution in [0.3, 0.4) is 0 Å². The molecular weight excluding hydrogens is 390 g/mol. The summed E-state index contributed by atoms with van der Waals surface area (Å²) in [7, 11) is 0. The highest BCUT2D eigenvalue weighted by Gasteiger charge is 2.27. The SMILES string of the molecule is Cl.OC(CNC(c1cccs1)C1CCCC1)COc1cccc2ccccc12. The maximum Gasteiger partial charge on any atom is 0.127 e. The van der Waals surface area contributed by atoms with E-state index >= 15 is 0 Å². The van der Waals surface area contributed by atoms with Gasteiger partial charge < -0.3 is 15.2 Å². The number of nitrogens with one attached hydrogen (secondary N) is 1. The molecule has 28 heavy (non-hydrogen) atoms. The maximum atomic E-state index is 10.5. The molecule has 0 radical (unpaired) electrons. The van der Waals surface area contributed by atoms with Gasteiger partial charge in [0, 0.05) is 22.8 Å². The van der Waals surface area contributed by atoms with Crippen LogP contribution in [0.4, 0.5) is 0 Å². The summed E-state index contributed by atoms with van der Waals surface area (Å²) in [6.45, 7) is 0.840. The van der Waals surface area contributed by atoms with E-state index in [0.717, 1.165) is 16.5 Å². The first-order chi connectivity index (χ1) is 13.3. The molecule has 3 aromatic rings. The molecule has 150 valence electrons. The molecule has 0 amide bonds. The molecule has 0 spiro atoms. The van der Waals surface area contributed by atoms with Crippen LogP contribution in [0.15, 0.2) is 60.0 Å². The quantitative estimate of drug-likeness (QED) is 0.502. The van der Waals surface area contributed by atoms with E-state index in [4.69, 9.17) is 4.74 Å². The molecule has 2 aromatic carbocycles. The van der Waals surface area contributed by atoms with Gasteiger partial charge in [-0.1, -0.05) is 55.3 Å². The third kappa shape index (κ3) is 5.06. The van der Waals surface area contributed by atoms with Crippen molar-refractivity contribution in [3.05, 3.63) is 64.9 Å². The van der Waals surface area contributed by atoms with Crippen molar-refractivity contribution in [2.75, 3.05) is 13.2 Å². The number of hydrogen-bond donors (Lipinski definition) is 2. The van der Waals surface area contributed by atoms with Crippen molar-refractivity contribution in [2.45, 2.75) is 37.8 Å². The maximum absolute atomic E-state index is 10.5. The number of thiophene rings is 1. The summed E-state index contributed by atoms with van der Waals surface area (Å²) in [6, 6.07) is 18.9. The third-order valence-electron chi connectivity index (χ3n) is 5.48. The molecule has 3 nitrogen and oxygen atoms in total. The lowest BCUT2D eigenvalue weighted by Gasteiger charge is -2.25. The fraction of sp³-hybridized carbons (Fsp3) is 0.391. The van der Waals surface area contributed by atoms with E-state index in [2.05, 4.69) is 41.0 Å². The molecule has 0 bridgehead atoms. The van der Waals surface area contributed by atoms with Crippen molar-refractivity contribution in [3.8, 4) is 5.75 Å². The summed E-state index contributed by atoms with van der Waals surface area (Å²) in [5.41, 5.74) is 0. The average molecular weight is 418 g/mol. The molecule has 2 N–H and O–H groups in total. The fourth-order valence-corrected chi connectivity index (χ4v) is 4.98. The molecule has 0 saturated heterocycles. The van der Waals surface area contributed by atoms with Crippen molar-refractivity contribution >= 4 is 34.5 Å². The Morgan fingerprint density at radius 3 is 2.61 bits per heavy atom. The molecule has 1 fully saturated rings. The average Bonchev–Trinajstić information content (AvgIpc) is 3.41. The lowest BCUT2D eigenvalue weighted by atomic mass is 9.96. The summed E-state index contributed by atoms with van der Waals surface area (Å²) in [6.07, 6.45) is 4.66. The lowest BCUT2D eigenvalue weighted by Crippen LogP contribution is -2.36. The van der Waals surface area contributed by atoms with E-state index in [9.17, 15) is 5.11 Å². The van der Waals surface area contributed by atoms with Crippen molar-refractivity contribution < 1.29 is 9.84 Å². The van der Waals surface area contributed by atoms with Gasteiger partial charge in [0.05, 0.1) is 0 Å². The zero-order valence-electron chi connectivity index (χ0n) is 15.9. The number of fused-ring (bicyclic) bond motifs is 1. The molecule has 2 unspecified atom stereocenters. The van der Waals surface area contributed by atoms with Crippen molar-refractivity contribution in [2.24, 2.45) is 5.92 Å². The number of rotatable bonds is 8. The van der Waals surface area contributed by atoms with Gasteiger partial charge in [0.1, 0.15) is 18.5 Å². The number of ether oxygens (including phenoxy) is 1. The summed E-state index contributed by atoms with van der Waals surface area (Å²) >= 11 is 1.81. The van der Waals surface area contributed by atoms with Gasteiger partial charge in [-0.3, -0.25) is 0 Å². The third-order valence-corrected chi connectivity index (χ3v) is 6.43. The highest BCUT2D eigenvalue weighted by atomic mass is 35.5. The Labute approximate surface area is 177 Å². The molecule has 4 rings (SSSR count). The predicted molar refractivity (Wildman–Crippen MR) is 120 cm³/mol. The van der Waals surface area contributed by atoms with Gasteiger partial charge in [0.25, 0.3) is 0 Å². The van der Waals surface area contributed by atoms with Gasteiger partial charge in [-0.15, -0.1) is 23.7 Å². The topological polar surface area (TPSA) is 41.5 Å². The van der Waals surface area contributed by atoms with Crippen molar-refractivity contribution in [1.29, 1.82) is 0 Å². The zero-order valence-corrected chi connectivity index (χ0v) is 17.6. The summed E-state index contributed by atoms with van der Waals surface area (Å²) in [4.78, 5) is 1.38. The van der Waals surface area contributed by atoms with Gasteiger partial charge >= 0.3 is 0 Å². The molecule has 1 heterocycles. The van der Waals surface area contributed by atoms with Crippen molar-refractivity contribution in [1.82, 2.24) is 5.32 Å². The first kappa shape index (κ1) is 21.1. The normalized spacial score (nSPS) is 16.6. The van der Waals surface area contributed by atoms with E-state index in [1.54, 1.807) is 11.3 Å². The van der Waals surface area contributed by atoms with Gasteiger partial charge in [0.15, 0.2) is 0 Å². The molecule has 1 aliphatic carbocycles. The molecule has 1 aromatic heterocycles. The van der Waals surface area contributed by atoms with Crippen LogP contribution < -0.4 is 10.1 Å². The van der Waals surface area contributed by atoms with Gasteiger partial charge in [-0.05, 0) is 41.7 Å². The second kappa shape index (κ2) is 10.3. The lowest BCUT2D eigenvalue weighted by molar-refractivity contribution is 0.102. The Hall–Kier alpha value is -1.59. The Kier molecular flexibility index (Phi) is 7.74. The Morgan fingerprint density at radius 2 is 1.82 bits per heavy atom. The Bertz CT molecular complexity index is 843. The minimum Gasteiger partial charge on any atom is -0.490 e. The van der Waals surface area contributed by atoms with Crippen LogP contribution in [0.25, 0.3) is 10.8 Å². The highest BCUT2D eigenvalue weighted by Crippen LogP contribution is 2.37. The monoisotopic (exact) mass is 417 g/mol. The number of benzene rings is 2. The van der Waals surface area contributed by atoms with E-state index in [1.807, 2.05) is 24.3 Å². The first-order valence-corrected chi connectivity index (χ1v) is 10.7. The number of aliphatic hydroxyl groups is 1. The Morgan fingerprint density at radius 1 is 1.04 bits per heavy atom. The summed E-state index contributed by atoms with van der Waals surface area (Å²) in [5, 5.41) is 18.5. The number of aliphatic hydroxyl groups excluding tert-OH is 1. The molecule has 1 saturated carbocycles. The van der Waals surface area contributed by atoms with Crippen LogP contribution in [0, 0.1) is 5.92 Å². The number of hydrogen-bond acceptors (Lipinski definition) is 4. The summed E-state index contributed by atoms with van der Waals surface area (Å²) in [5.74, 6) is 1.51. The predicted octanol–water partition coefficient (Wildman–Crippen LogP) is 5.58. The van der Waals surface area contributed by atoms with Crippen LogP contribution in [-0.4, -0.2) is 24.4 Å². The minimum absolute atomic E-state index is 0. The van der Waals surface area contributed by atoms with E-state index in [-0.39, 0.29) is 12.4 Å². The Balaban J connectivity index is 0.00000225. The standard InChI is InChI=1S/C23H27NO2S.ClH/c25-19(16-26-21-12-5-10-17-7-3-4-11-20(17)21)15-24-23(18-8-1-2-9-18)22-13-6-14-27-22;/h3-7,10-14,18-19,23-25H,1-2,8-9,15-16H2;1H. The number of halogens is 1. The molecule has 2 atom stereocenters. The van der Waals surface area contributed by atoms with Crippen LogP contribution in [-0.2, 0) is 0 Å². The van der Waals surface area contributed by atoms with Crippen LogP contribution in [0.2, 0.25) is 0 Å². The second-order valence-corrected chi connectivity index (χ2v) is 8.37. The molecule has 5 heteroatoms. The van der Waals surface area contributed by atoms with Crippen LogP contribution in [0.5, 0.6) is 5.75 Å². The van der Waals surface area contributed by atoms with E-state index in [0.29, 0.717) is 25.1 Å². The summed E-state index contributed by atoms with van der Waals surface area (Å²) < 4.78 is 5.94. The van der Waals surface area contributed by atoms with Crippen molar-refractivity contribution in [3.63, 3.8) is 0 Å². The second-order valence-electron chi connectivity index (χ2n) is 7.39. The van der Waals surface area contributed by atoms with Gasteiger partial charge in [-0.2, -0.15) is 0 Å². The first-order valence-electron chi connectivity index (χ1n) is 9.86.